The molecule has 0 atom stereocenters. The fraction of sp³-hybridized carbons (Fsp3) is 0.250. The Morgan fingerprint density at radius 1 is 1.40 bits per heavy atom. The van der Waals surface area contributed by atoms with Crippen LogP contribution in [0.4, 0.5) is 5.69 Å². The number of benzene rings is 1. The number of sulfonamides is 1. The Morgan fingerprint density at radius 3 is 2.55 bits per heavy atom. The summed E-state index contributed by atoms with van der Waals surface area (Å²) in [7, 11) is -3.48. The summed E-state index contributed by atoms with van der Waals surface area (Å²) in [5.41, 5.74) is 0.441. The van der Waals surface area contributed by atoms with Gasteiger partial charge in [-0.3, -0.25) is 4.79 Å². The van der Waals surface area contributed by atoms with Gasteiger partial charge in [0, 0.05) is 12.2 Å². The minimum Gasteiger partial charge on any atom is -0.325 e. The molecule has 0 spiro atoms. The molecule has 0 saturated heterocycles. The maximum atomic E-state index is 11.8. The van der Waals surface area contributed by atoms with Crippen molar-refractivity contribution < 1.29 is 13.2 Å². The third-order valence-corrected chi connectivity index (χ3v) is 4.28. The summed E-state index contributed by atoms with van der Waals surface area (Å²) in [6.07, 6.45) is 2.44. The minimum absolute atomic E-state index is 0.0631. The molecular formula is C12H14Cl2N2O3S. The lowest BCUT2D eigenvalue weighted by Gasteiger charge is -2.17. The van der Waals surface area contributed by atoms with Crippen molar-refractivity contribution in [1.29, 1.82) is 0 Å². The highest BCUT2D eigenvalue weighted by atomic mass is 35.5. The highest BCUT2D eigenvalue weighted by Crippen LogP contribution is 2.24. The van der Waals surface area contributed by atoms with E-state index in [4.69, 9.17) is 23.2 Å². The smallest absolute Gasteiger partial charge is 0.239 e. The van der Waals surface area contributed by atoms with Crippen molar-refractivity contribution in [2.75, 3.05) is 24.7 Å². The number of nitrogens with one attached hydrogen (secondary N) is 1. The van der Waals surface area contributed by atoms with E-state index in [0.29, 0.717) is 15.7 Å². The Bertz CT molecular complexity index is 617. The van der Waals surface area contributed by atoms with Crippen molar-refractivity contribution in [2.24, 2.45) is 0 Å². The molecule has 1 N–H and O–H groups in total. The average Bonchev–Trinajstić information content (AvgIpc) is 2.32. The number of nitrogens with zero attached hydrogens (tertiary/aromatic N) is 1. The van der Waals surface area contributed by atoms with Crippen LogP contribution in [0.2, 0.25) is 10.0 Å². The number of amides is 1. The lowest BCUT2D eigenvalue weighted by atomic mass is 10.3. The van der Waals surface area contributed by atoms with E-state index in [2.05, 4.69) is 11.9 Å². The van der Waals surface area contributed by atoms with Crippen LogP contribution >= 0.6 is 23.2 Å². The standard InChI is InChI=1S/C12H14Cl2N2O3S/c1-3-6-16(20(2,18)19)8-12(17)15-9-4-5-10(13)11(14)7-9/h3-5,7H,1,6,8H2,2H3,(H,15,17). The maximum Gasteiger partial charge on any atom is 0.239 e. The Balaban J connectivity index is 2.75. The summed E-state index contributed by atoms with van der Waals surface area (Å²) in [6, 6.07) is 4.60. The van der Waals surface area contributed by atoms with Gasteiger partial charge in [-0.05, 0) is 18.2 Å². The van der Waals surface area contributed by atoms with E-state index in [-0.39, 0.29) is 13.1 Å². The zero-order valence-electron chi connectivity index (χ0n) is 10.8. The van der Waals surface area contributed by atoms with E-state index >= 15 is 0 Å². The van der Waals surface area contributed by atoms with Crippen LogP contribution in [0.3, 0.4) is 0 Å². The largest absolute Gasteiger partial charge is 0.325 e. The van der Waals surface area contributed by atoms with Gasteiger partial charge in [0.25, 0.3) is 0 Å². The zero-order valence-corrected chi connectivity index (χ0v) is 13.1. The molecule has 0 aliphatic carbocycles. The van der Waals surface area contributed by atoms with E-state index < -0.39 is 15.9 Å². The monoisotopic (exact) mass is 336 g/mol. The number of halogens is 2. The predicted octanol–water partition coefficient (Wildman–Crippen LogP) is 2.38. The van der Waals surface area contributed by atoms with Gasteiger partial charge in [0.05, 0.1) is 22.8 Å². The molecule has 1 aromatic rings. The summed E-state index contributed by atoms with van der Waals surface area (Å²) < 4.78 is 23.9. The molecule has 0 saturated carbocycles. The highest BCUT2D eigenvalue weighted by Gasteiger charge is 2.18. The molecule has 110 valence electrons. The predicted molar refractivity (Wildman–Crippen MR) is 81.7 cm³/mol. The van der Waals surface area contributed by atoms with Gasteiger partial charge in [-0.1, -0.05) is 29.3 Å². The van der Waals surface area contributed by atoms with Crippen molar-refractivity contribution in [3.63, 3.8) is 0 Å². The SMILES string of the molecule is C=CCN(CC(=O)Nc1ccc(Cl)c(Cl)c1)S(C)(=O)=O. The van der Waals surface area contributed by atoms with Gasteiger partial charge < -0.3 is 5.32 Å². The Labute approximate surface area is 128 Å². The summed E-state index contributed by atoms with van der Waals surface area (Å²) >= 11 is 11.6. The van der Waals surface area contributed by atoms with Crippen LogP contribution in [0, 0.1) is 0 Å². The number of hydrogen-bond acceptors (Lipinski definition) is 3. The van der Waals surface area contributed by atoms with Gasteiger partial charge in [-0.25, -0.2) is 8.42 Å². The molecule has 0 fully saturated rings. The topological polar surface area (TPSA) is 66.5 Å². The van der Waals surface area contributed by atoms with Gasteiger partial charge in [-0.2, -0.15) is 4.31 Å². The fourth-order valence-electron chi connectivity index (χ4n) is 1.40. The van der Waals surface area contributed by atoms with Crippen LogP contribution in [0.5, 0.6) is 0 Å². The van der Waals surface area contributed by atoms with Crippen LogP contribution in [-0.2, 0) is 14.8 Å². The van der Waals surface area contributed by atoms with Crippen LogP contribution in [0.15, 0.2) is 30.9 Å². The summed E-state index contributed by atoms with van der Waals surface area (Å²) in [5.74, 6) is -0.476. The molecule has 0 radical (unpaired) electrons. The van der Waals surface area contributed by atoms with Crippen LogP contribution in [0.1, 0.15) is 0 Å². The van der Waals surface area contributed by atoms with Crippen LogP contribution in [0.25, 0.3) is 0 Å². The van der Waals surface area contributed by atoms with Gasteiger partial charge >= 0.3 is 0 Å². The fourth-order valence-corrected chi connectivity index (χ4v) is 2.42. The number of rotatable bonds is 6. The van der Waals surface area contributed by atoms with Crippen molar-refractivity contribution in [1.82, 2.24) is 4.31 Å². The molecule has 0 bridgehead atoms. The summed E-state index contributed by atoms with van der Waals surface area (Å²) in [5, 5.41) is 3.22. The molecule has 1 amide bonds. The third-order valence-electron chi connectivity index (χ3n) is 2.33. The molecule has 5 nitrogen and oxygen atoms in total. The van der Waals surface area contributed by atoms with Gasteiger partial charge in [-0.15, -0.1) is 6.58 Å². The molecule has 1 rings (SSSR count). The molecular weight excluding hydrogens is 323 g/mol. The Hall–Kier alpha value is -1.08. The minimum atomic E-state index is -3.48. The first-order valence-electron chi connectivity index (χ1n) is 5.55. The number of carbonyl (C=O) groups excluding carboxylic acids is 1. The Morgan fingerprint density at radius 2 is 2.05 bits per heavy atom. The lowest BCUT2D eigenvalue weighted by molar-refractivity contribution is -0.116. The first-order valence-corrected chi connectivity index (χ1v) is 8.15. The second kappa shape index (κ2) is 7.08. The van der Waals surface area contributed by atoms with Crippen LogP contribution in [-0.4, -0.2) is 38.0 Å². The summed E-state index contributed by atoms with van der Waals surface area (Å²) in [4.78, 5) is 11.8. The molecule has 1 aromatic carbocycles. The average molecular weight is 337 g/mol. The highest BCUT2D eigenvalue weighted by molar-refractivity contribution is 7.88. The first-order chi connectivity index (χ1) is 9.24. The molecule has 0 unspecified atom stereocenters. The molecule has 0 aliphatic rings. The third kappa shape index (κ3) is 5.13. The van der Waals surface area contributed by atoms with E-state index in [1.54, 1.807) is 6.07 Å². The van der Waals surface area contributed by atoms with E-state index in [9.17, 15) is 13.2 Å². The Kier molecular flexibility index (Phi) is 6.01. The van der Waals surface area contributed by atoms with E-state index in [1.807, 2.05) is 0 Å². The zero-order chi connectivity index (χ0) is 15.3. The van der Waals surface area contributed by atoms with Gasteiger partial charge in [0.15, 0.2) is 0 Å². The second-order valence-corrected chi connectivity index (χ2v) is 6.82. The second-order valence-electron chi connectivity index (χ2n) is 4.02. The van der Waals surface area contributed by atoms with Crippen LogP contribution < -0.4 is 5.32 Å². The van der Waals surface area contributed by atoms with Crippen molar-refractivity contribution in [3.05, 3.63) is 40.9 Å². The maximum absolute atomic E-state index is 11.8. The normalized spacial score (nSPS) is 11.4. The quantitative estimate of drug-likeness (QED) is 0.811. The number of carbonyl (C=O) groups is 1. The number of anilines is 1. The lowest BCUT2D eigenvalue weighted by Crippen LogP contribution is -2.37. The van der Waals surface area contributed by atoms with E-state index in [1.165, 1.54) is 18.2 Å². The number of hydrogen-bond donors (Lipinski definition) is 1. The van der Waals surface area contributed by atoms with Gasteiger partial charge in [0.1, 0.15) is 0 Å². The van der Waals surface area contributed by atoms with E-state index in [0.717, 1.165) is 10.6 Å². The van der Waals surface area contributed by atoms with Crippen molar-refractivity contribution in [3.8, 4) is 0 Å². The van der Waals surface area contributed by atoms with Crippen molar-refractivity contribution in [2.45, 2.75) is 0 Å². The molecule has 0 aliphatic heterocycles. The molecule has 0 aromatic heterocycles. The molecule has 0 heterocycles. The molecule has 8 heteroatoms. The molecule has 20 heavy (non-hydrogen) atoms. The summed E-state index contributed by atoms with van der Waals surface area (Å²) in [6.45, 7) is 3.22. The van der Waals surface area contributed by atoms with Crippen molar-refractivity contribution >= 4 is 44.8 Å². The first kappa shape index (κ1) is 17.0. The van der Waals surface area contributed by atoms with Gasteiger partial charge in [0.2, 0.25) is 15.9 Å².